The van der Waals surface area contributed by atoms with Crippen LogP contribution in [-0.4, -0.2) is 9.78 Å². The smallest absolute Gasteiger partial charge is 0.267 e. The zero-order valence-electron chi connectivity index (χ0n) is 4.38. The van der Waals surface area contributed by atoms with E-state index in [0.717, 1.165) is 0 Å². The van der Waals surface area contributed by atoms with Gasteiger partial charge in [0.2, 0.25) is 0 Å². The zero-order chi connectivity index (χ0) is 5.98. The molecular formula is C5H4N2O. The second-order valence-corrected chi connectivity index (χ2v) is 1.35. The molecule has 0 N–H and O–H groups in total. The first-order valence-corrected chi connectivity index (χ1v) is 2.13. The Balaban J connectivity index is 3.35. The first-order valence-electron chi connectivity index (χ1n) is 2.13. The fourth-order valence-corrected chi connectivity index (χ4v) is 0.348. The summed E-state index contributed by atoms with van der Waals surface area (Å²) in [5.41, 5.74) is -0.233. The molecule has 0 amide bonds. The largest absolute Gasteiger partial charge is 0.274 e. The maximum Gasteiger partial charge on any atom is 0.274 e. The van der Waals surface area contributed by atoms with Crippen LogP contribution in [0.25, 0.3) is 0 Å². The Hall–Kier alpha value is -1.12. The third-order valence-corrected chi connectivity index (χ3v) is 0.762. The zero-order valence-corrected chi connectivity index (χ0v) is 4.38. The Kier molecular flexibility index (Phi) is 1.12. The maximum absolute atomic E-state index is 10.4. The number of hydrogen-bond acceptors (Lipinski definition) is 2. The van der Waals surface area contributed by atoms with Gasteiger partial charge < -0.3 is 0 Å². The minimum Gasteiger partial charge on any atom is -0.267 e. The van der Waals surface area contributed by atoms with Crippen molar-refractivity contribution in [3.63, 3.8) is 0 Å². The van der Waals surface area contributed by atoms with Crippen molar-refractivity contribution in [3.05, 3.63) is 28.7 Å². The average molecular weight is 108 g/mol. The predicted molar refractivity (Wildman–Crippen MR) is 27.1 cm³/mol. The molecule has 1 rings (SSSR count). The normalized spacial score (nSPS) is 9.12. The van der Waals surface area contributed by atoms with Crippen LogP contribution >= 0.6 is 0 Å². The fourth-order valence-electron chi connectivity index (χ4n) is 0.348. The lowest BCUT2D eigenvalue weighted by atomic mass is 10.6. The van der Waals surface area contributed by atoms with Crippen molar-refractivity contribution in [3.8, 4) is 0 Å². The van der Waals surface area contributed by atoms with E-state index in [1.807, 2.05) is 0 Å². The topological polar surface area (TPSA) is 34.9 Å². The van der Waals surface area contributed by atoms with Crippen molar-refractivity contribution in [2.75, 3.05) is 0 Å². The third kappa shape index (κ3) is 0.753. The molecule has 0 bridgehead atoms. The van der Waals surface area contributed by atoms with Crippen molar-refractivity contribution in [2.24, 2.45) is 7.05 Å². The molecule has 0 atom stereocenters. The molecule has 8 heavy (non-hydrogen) atoms. The fraction of sp³-hybridized carbons (Fsp3) is 0.200. The molecule has 40 valence electrons. The standard InChI is InChI=1S/C5H4N2O/c1-7-5(8)3-2-4-6-7/h2H,1H3. The summed E-state index contributed by atoms with van der Waals surface area (Å²) in [6, 6.07) is 3.75. The van der Waals surface area contributed by atoms with Gasteiger partial charge in [-0.1, -0.05) is 0 Å². The molecule has 3 heteroatoms. The van der Waals surface area contributed by atoms with Crippen LogP contribution in [0.2, 0.25) is 0 Å². The Morgan fingerprint density at radius 1 is 1.88 bits per heavy atom. The quantitative estimate of drug-likeness (QED) is 0.444. The van der Waals surface area contributed by atoms with Crippen molar-refractivity contribution >= 4 is 0 Å². The van der Waals surface area contributed by atoms with E-state index in [2.05, 4.69) is 17.4 Å². The first-order chi connectivity index (χ1) is 3.80. The molecule has 0 aliphatic rings. The van der Waals surface area contributed by atoms with E-state index in [1.165, 1.54) is 10.7 Å². The van der Waals surface area contributed by atoms with E-state index in [0.29, 0.717) is 0 Å². The Morgan fingerprint density at radius 2 is 2.62 bits per heavy atom. The molecule has 1 heterocycles. The van der Waals surface area contributed by atoms with Gasteiger partial charge in [-0.25, -0.2) is 4.68 Å². The van der Waals surface area contributed by atoms with Crippen molar-refractivity contribution in [2.45, 2.75) is 0 Å². The molecule has 1 aromatic rings. The van der Waals surface area contributed by atoms with E-state index in [1.54, 1.807) is 7.05 Å². The van der Waals surface area contributed by atoms with Crippen LogP contribution in [0, 0.1) is 12.3 Å². The molecule has 0 aliphatic heterocycles. The van der Waals surface area contributed by atoms with Crippen LogP contribution in [-0.2, 0) is 7.05 Å². The molecule has 0 fully saturated rings. The van der Waals surface area contributed by atoms with Gasteiger partial charge in [-0.3, -0.25) is 4.79 Å². The van der Waals surface area contributed by atoms with Gasteiger partial charge in [-0.05, 0) is 6.07 Å². The molecule has 2 radical (unpaired) electrons. The summed E-state index contributed by atoms with van der Waals surface area (Å²) < 4.78 is 1.17. The Bertz CT molecular complexity index is 228. The van der Waals surface area contributed by atoms with Crippen LogP contribution < -0.4 is 5.56 Å². The van der Waals surface area contributed by atoms with E-state index in [9.17, 15) is 4.79 Å². The van der Waals surface area contributed by atoms with Crippen LogP contribution in [0.1, 0.15) is 0 Å². The average Bonchev–Trinajstić information content (AvgIpc) is 1.77. The maximum atomic E-state index is 10.4. The minimum atomic E-state index is -0.233. The van der Waals surface area contributed by atoms with Gasteiger partial charge in [0.15, 0.2) is 0 Å². The molecule has 1 aromatic heterocycles. The SMILES string of the molecule is Cn1n[c]c[c]c1=O. The molecule has 0 saturated carbocycles. The number of rotatable bonds is 0. The van der Waals surface area contributed by atoms with Gasteiger partial charge in [0.25, 0.3) is 5.56 Å². The van der Waals surface area contributed by atoms with Crippen molar-refractivity contribution in [1.82, 2.24) is 9.78 Å². The highest BCUT2D eigenvalue weighted by molar-refractivity contribution is 4.79. The van der Waals surface area contributed by atoms with E-state index in [4.69, 9.17) is 0 Å². The van der Waals surface area contributed by atoms with Gasteiger partial charge in [0.1, 0.15) is 6.20 Å². The van der Waals surface area contributed by atoms with Gasteiger partial charge >= 0.3 is 0 Å². The van der Waals surface area contributed by atoms with Gasteiger partial charge in [0.05, 0.1) is 6.07 Å². The van der Waals surface area contributed by atoms with Crippen molar-refractivity contribution in [1.29, 1.82) is 0 Å². The second-order valence-electron chi connectivity index (χ2n) is 1.35. The van der Waals surface area contributed by atoms with E-state index >= 15 is 0 Å². The Labute approximate surface area is 46.6 Å². The summed E-state index contributed by atoms with van der Waals surface area (Å²) in [6.07, 6.45) is 2.46. The van der Waals surface area contributed by atoms with Crippen LogP contribution in [0.4, 0.5) is 0 Å². The second kappa shape index (κ2) is 1.78. The van der Waals surface area contributed by atoms with Crippen LogP contribution in [0.15, 0.2) is 10.9 Å². The number of aromatic nitrogens is 2. The molecular weight excluding hydrogens is 104 g/mol. The molecule has 0 aromatic carbocycles. The highest BCUT2D eigenvalue weighted by Gasteiger charge is 1.82. The lowest BCUT2D eigenvalue weighted by molar-refractivity contribution is 0.702. The van der Waals surface area contributed by atoms with Gasteiger partial charge in [0, 0.05) is 7.05 Å². The highest BCUT2D eigenvalue weighted by Crippen LogP contribution is 1.63. The predicted octanol–water partition coefficient (Wildman–Crippen LogP) is -0.619. The number of aryl methyl sites for hydroxylation is 1. The summed E-state index contributed by atoms with van der Waals surface area (Å²) in [5, 5.41) is 3.53. The molecule has 3 nitrogen and oxygen atoms in total. The van der Waals surface area contributed by atoms with Gasteiger partial charge in [-0.15, -0.1) is 0 Å². The summed E-state index contributed by atoms with van der Waals surface area (Å²) in [6.45, 7) is 0. The van der Waals surface area contributed by atoms with E-state index < -0.39 is 0 Å². The lowest BCUT2D eigenvalue weighted by Crippen LogP contribution is -2.17. The summed E-state index contributed by atoms with van der Waals surface area (Å²) in [4.78, 5) is 10.4. The molecule has 0 spiro atoms. The van der Waals surface area contributed by atoms with Crippen LogP contribution in [0.3, 0.4) is 0 Å². The lowest BCUT2D eigenvalue weighted by Gasteiger charge is -1.86. The Morgan fingerprint density at radius 3 is 3.00 bits per heavy atom. The first kappa shape index (κ1) is 5.03. The number of nitrogens with zero attached hydrogens (tertiary/aromatic N) is 2. The summed E-state index contributed by atoms with van der Waals surface area (Å²) in [7, 11) is 1.55. The monoisotopic (exact) mass is 108 g/mol. The highest BCUT2D eigenvalue weighted by atomic mass is 16.1. The summed E-state index contributed by atoms with van der Waals surface area (Å²) in [5.74, 6) is 0. The van der Waals surface area contributed by atoms with Crippen molar-refractivity contribution < 1.29 is 0 Å². The van der Waals surface area contributed by atoms with Crippen LogP contribution in [0.5, 0.6) is 0 Å². The third-order valence-electron chi connectivity index (χ3n) is 0.762. The van der Waals surface area contributed by atoms with Gasteiger partial charge in [-0.2, -0.15) is 5.10 Å². The summed E-state index contributed by atoms with van der Waals surface area (Å²) >= 11 is 0. The molecule has 0 saturated heterocycles. The van der Waals surface area contributed by atoms with E-state index in [-0.39, 0.29) is 5.56 Å². The molecule has 0 unspecified atom stereocenters. The minimum absolute atomic E-state index is 0.233. The molecule has 0 aliphatic carbocycles. The number of hydrogen-bond donors (Lipinski definition) is 0.